The Kier molecular flexibility index (Phi) is 3.88. The smallest absolute Gasteiger partial charge is 0.272 e. The zero-order valence-corrected chi connectivity index (χ0v) is 15.4. The van der Waals surface area contributed by atoms with E-state index in [9.17, 15) is 9.90 Å². The van der Waals surface area contributed by atoms with Gasteiger partial charge in [-0.3, -0.25) is 4.79 Å². The van der Waals surface area contributed by atoms with Crippen LogP contribution in [0.4, 0.5) is 0 Å². The number of hydrogen-bond donors (Lipinski definition) is 2. The van der Waals surface area contributed by atoms with Crippen molar-refractivity contribution in [3.05, 3.63) is 41.7 Å². The number of nitrogens with one attached hydrogen (secondary N) is 1. The van der Waals surface area contributed by atoms with Gasteiger partial charge in [-0.15, -0.1) is 0 Å². The van der Waals surface area contributed by atoms with E-state index < -0.39 is 5.60 Å². The van der Waals surface area contributed by atoms with Gasteiger partial charge in [0.2, 0.25) is 0 Å². The van der Waals surface area contributed by atoms with Crippen LogP contribution in [0.5, 0.6) is 0 Å². The Hall–Kier alpha value is -2.18. The number of fused-ring (bicyclic) bond motifs is 2. The number of aliphatic hydroxyl groups is 1. The Morgan fingerprint density at radius 3 is 2.78 bits per heavy atom. The van der Waals surface area contributed by atoms with E-state index in [0.717, 1.165) is 42.9 Å². The number of aromatic nitrogens is 2. The maximum Gasteiger partial charge on any atom is 0.272 e. The summed E-state index contributed by atoms with van der Waals surface area (Å²) in [4.78, 5) is 17.9. The van der Waals surface area contributed by atoms with Crippen molar-refractivity contribution in [2.75, 3.05) is 13.2 Å². The number of ether oxygens (including phenoxy) is 1. The van der Waals surface area contributed by atoms with Crippen molar-refractivity contribution in [2.45, 2.75) is 56.2 Å². The van der Waals surface area contributed by atoms with Gasteiger partial charge in [0.25, 0.3) is 5.91 Å². The summed E-state index contributed by atoms with van der Waals surface area (Å²) in [7, 11) is 0. The Morgan fingerprint density at radius 1 is 1.22 bits per heavy atom. The maximum atomic E-state index is 13.1. The normalized spacial score (nSPS) is 28.9. The second-order valence-electron chi connectivity index (χ2n) is 8.28. The van der Waals surface area contributed by atoms with Gasteiger partial charge < -0.3 is 19.7 Å². The fourth-order valence-corrected chi connectivity index (χ4v) is 4.97. The summed E-state index contributed by atoms with van der Waals surface area (Å²) in [5.74, 6) is 0.774. The van der Waals surface area contributed by atoms with Crippen molar-refractivity contribution in [3.8, 4) is 11.4 Å². The van der Waals surface area contributed by atoms with Crippen LogP contribution in [-0.2, 0) is 17.7 Å². The first-order chi connectivity index (χ1) is 13.1. The van der Waals surface area contributed by atoms with E-state index in [1.165, 1.54) is 6.42 Å². The summed E-state index contributed by atoms with van der Waals surface area (Å²) in [5.41, 5.74) is 1.87. The lowest BCUT2D eigenvalue weighted by molar-refractivity contribution is -0.0494. The number of carbonyl (C=O) groups is 1. The van der Waals surface area contributed by atoms with E-state index in [-0.39, 0.29) is 18.1 Å². The van der Waals surface area contributed by atoms with Gasteiger partial charge in [-0.1, -0.05) is 36.8 Å². The standard InChI is InChI=1S/C21H25N3O3/c25-13-21-11-20(12-21,14-27-21)23-19(26)17-16-9-5-2-6-10-24(16)18(22-17)15-7-3-1-4-8-15/h1,3-4,7-8,25H,2,5-6,9-14H2,(H,23,26). The molecule has 1 saturated carbocycles. The molecule has 3 aliphatic heterocycles. The van der Waals surface area contributed by atoms with Crippen molar-refractivity contribution >= 4 is 5.91 Å². The van der Waals surface area contributed by atoms with Gasteiger partial charge in [-0.05, 0) is 19.3 Å². The predicted octanol–water partition coefficient (Wildman–Crippen LogP) is 2.30. The highest BCUT2D eigenvalue weighted by Crippen LogP contribution is 2.51. The molecule has 1 aromatic heterocycles. The van der Waals surface area contributed by atoms with E-state index in [1.807, 2.05) is 30.3 Å². The molecule has 6 rings (SSSR count). The minimum atomic E-state index is -0.437. The molecule has 2 N–H and O–H groups in total. The van der Waals surface area contributed by atoms with Crippen molar-refractivity contribution in [1.29, 1.82) is 0 Å². The lowest BCUT2D eigenvalue weighted by atomic mass is 9.69. The average Bonchev–Trinajstić information content (AvgIpc) is 3.26. The molecule has 4 heterocycles. The van der Waals surface area contributed by atoms with Gasteiger partial charge in [0, 0.05) is 24.9 Å². The Balaban J connectivity index is 1.47. The zero-order chi connectivity index (χ0) is 18.5. The molecule has 1 aromatic carbocycles. The summed E-state index contributed by atoms with van der Waals surface area (Å²) < 4.78 is 7.96. The fourth-order valence-electron chi connectivity index (χ4n) is 4.97. The molecular weight excluding hydrogens is 342 g/mol. The SMILES string of the molecule is O=C(NC12COC(CO)(C1)C2)c1nc(-c2ccccc2)n2c1CCCCC2. The van der Waals surface area contributed by atoms with Gasteiger partial charge in [0.15, 0.2) is 0 Å². The minimum absolute atomic E-state index is 0.0165. The Morgan fingerprint density at radius 2 is 2.04 bits per heavy atom. The van der Waals surface area contributed by atoms with E-state index in [2.05, 4.69) is 9.88 Å². The summed E-state index contributed by atoms with van der Waals surface area (Å²) in [6.07, 6.45) is 5.62. The fraction of sp³-hybridized carbons (Fsp3) is 0.524. The molecule has 2 saturated heterocycles. The van der Waals surface area contributed by atoms with Crippen LogP contribution >= 0.6 is 0 Å². The molecule has 1 aliphatic carbocycles. The van der Waals surface area contributed by atoms with Crippen LogP contribution in [0.15, 0.2) is 30.3 Å². The third-order valence-electron chi connectivity index (χ3n) is 6.26. The molecule has 2 bridgehead atoms. The van der Waals surface area contributed by atoms with Gasteiger partial charge in [0.05, 0.1) is 30.0 Å². The molecular formula is C21H25N3O3. The lowest BCUT2D eigenvalue weighted by Gasteiger charge is -2.43. The molecule has 0 atom stereocenters. The van der Waals surface area contributed by atoms with Crippen LogP contribution in [0.1, 0.15) is 48.3 Å². The monoisotopic (exact) mass is 367 g/mol. The molecule has 6 nitrogen and oxygen atoms in total. The number of imidazole rings is 1. The third kappa shape index (κ3) is 2.70. The van der Waals surface area contributed by atoms with Gasteiger partial charge in [-0.2, -0.15) is 0 Å². The quantitative estimate of drug-likeness (QED) is 0.869. The second kappa shape index (κ2) is 6.17. The predicted molar refractivity (Wildman–Crippen MR) is 100 cm³/mol. The maximum absolute atomic E-state index is 13.1. The van der Waals surface area contributed by atoms with Crippen molar-refractivity contribution < 1.29 is 14.6 Å². The van der Waals surface area contributed by atoms with Gasteiger partial charge >= 0.3 is 0 Å². The first-order valence-corrected chi connectivity index (χ1v) is 9.86. The van der Waals surface area contributed by atoms with Crippen LogP contribution in [0, 0.1) is 0 Å². The highest BCUT2D eigenvalue weighted by Gasteiger charge is 2.63. The van der Waals surface area contributed by atoms with Crippen molar-refractivity contribution in [2.24, 2.45) is 0 Å². The summed E-state index contributed by atoms with van der Waals surface area (Å²) in [5, 5.41) is 12.7. The molecule has 0 unspecified atom stereocenters. The minimum Gasteiger partial charge on any atom is -0.393 e. The largest absolute Gasteiger partial charge is 0.393 e. The number of carbonyl (C=O) groups excluding carboxylic acids is 1. The molecule has 1 amide bonds. The number of rotatable bonds is 4. The van der Waals surface area contributed by atoms with Crippen molar-refractivity contribution in [3.63, 3.8) is 0 Å². The van der Waals surface area contributed by atoms with Crippen LogP contribution in [0.25, 0.3) is 11.4 Å². The number of hydrogen-bond acceptors (Lipinski definition) is 4. The molecule has 27 heavy (non-hydrogen) atoms. The van der Waals surface area contributed by atoms with Gasteiger partial charge in [0.1, 0.15) is 11.5 Å². The van der Waals surface area contributed by atoms with E-state index >= 15 is 0 Å². The van der Waals surface area contributed by atoms with Crippen LogP contribution in [0.2, 0.25) is 0 Å². The molecule has 2 aromatic rings. The number of aliphatic hydroxyl groups excluding tert-OH is 1. The first kappa shape index (κ1) is 17.0. The molecule has 0 spiro atoms. The Labute approximate surface area is 158 Å². The van der Waals surface area contributed by atoms with E-state index in [0.29, 0.717) is 25.1 Å². The van der Waals surface area contributed by atoms with Gasteiger partial charge in [-0.25, -0.2) is 4.98 Å². The lowest BCUT2D eigenvalue weighted by Crippen LogP contribution is -2.60. The first-order valence-electron chi connectivity index (χ1n) is 9.86. The number of amides is 1. The topological polar surface area (TPSA) is 76.4 Å². The van der Waals surface area contributed by atoms with Crippen LogP contribution < -0.4 is 5.32 Å². The third-order valence-corrected chi connectivity index (χ3v) is 6.26. The second-order valence-corrected chi connectivity index (χ2v) is 8.28. The summed E-state index contributed by atoms with van der Waals surface area (Å²) >= 11 is 0. The number of benzene rings is 1. The molecule has 6 heteroatoms. The molecule has 0 radical (unpaired) electrons. The highest BCUT2D eigenvalue weighted by molar-refractivity contribution is 5.95. The van der Waals surface area contributed by atoms with Crippen LogP contribution in [0.3, 0.4) is 0 Å². The molecule has 4 aliphatic rings. The average molecular weight is 367 g/mol. The van der Waals surface area contributed by atoms with E-state index in [1.54, 1.807) is 0 Å². The van der Waals surface area contributed by atoms with E-state index in [4.69, 9.17) is 9.72 Å². The molecule has 142 valence electrons. The number of nitrogens with zero attached hydrogens (tertiary/aromatic N) is 2. The zero-order valence-electron chi connectivity index (χ0n) is 15.4. The highest BCUT2D eigenvalue weighted by atomic mass is 16.5. The molecule has 3 fully saturated rings. The summed E-state index contributed by atoms with van der Waals surface area (Å²) in [6.45, 7) is 1.39. The van der Waals surface area contributed by atoms with Crippen LogP contribution in [-0.4, -0.2) is 44.9 Å². The summed E-state index contributed by atoms with van der Waals surface area (Å²) in [6, 6.07) is 10.1. The van der Waals surface area contributed by atoms with Crippen molar-refractivity contribution in [1.82, 2.24) is 14.9 Å². The Bertz CT molecular complexity index is 868.